The summed E-state index contributed by atoms with van der Waals surface area (Å²) in [5.41, 5.74) is 4.75. The molecule has 1 amide bonds. The van der Waals surface area contributed by atoms with Gasteiger partial charge in [-0.1, -0.05) is 6.92 Å². The number of hydrogen-bond donors (Lipinski definition) is 3. The molecule has 0 bridgehead atoms. The van der Waals surface area contributed by atoms with E-state index in [1.54, 1.807) is 6.92 Å². The zero-order valence-electron chi connectivity index (χ0n) is 12.2. The highest BCUT2D eigenvalue weighted by Gasteiger charge is 2.16. The molecule has 0 saturated heterocycles. The summed E-state index contributed by atoms with van der Waals surface area (Å²) in [5, 5.41) is 4.35. The van der Waals surface area contributed by atoms with E-state index >= 15 is 0 Å². The normalized spacial score (nSPS) is 10.7. The van der Waals surface area contributed by atoms with Crippen LogP contribution in [0.4, 0.5) is 0 Å². The topological polar surface area (TPSA) is 119 Å². The monoisotopic (exact) mass is 290 g/mol. The third-order valence-corrected chi connectivity index (χ3v) is 3.28. The molecule has 2 aromatic rings. The molecule has 0 radical (unpaired) electrons. The fraction of sp³-hybridized carbons (Fsp3) is 0.385. The Morgan fingerprint density at radius 1 is 1.48 bits per heavy atom. The van der Waals surface area contributed by atoms with Gasteiger partial charge in [-0.15, -0.1) is 0 Å². The second kappa shape index (κ2) is 5.88. The maximum atomic E-state index is 11.7. The number of carbonyl (C=O) groups excluding carboxylic acids is 1. The number of amides is 1. The molecule has 8 heteroatoms. The molecule has 0 aliphatic heterocycles. The van der Waals surface area contributed by atoms with Crippen LogP contribution in [0.15, 0.2) is 10.9 Å². The van der Waals surface area contributed by atoms with E-state index in [2.05, 4.69) is 20.5 Å². The molecular formula is C13H18N6O2. The number of aromatic amines is 1. The smallest absolute Gasteiger partial charge is 0.252 e. The third-order valence-electron chi connectivity index (χ3n) is 3.28. The predicted octanol–water partition coefficient (Wildman–Crippen LogP) is -0.333. The summed E-state index contributed by atoms with van der Waals surface area (Å²) in [6.07, 6.45) is 0.782. The average molecular weight is 290 g/mol. The second-order valence-corrected chi connectivity index (χ2v) is 4.72. The minimum absolute atomic E-state index is 0.131. The van der Waals surface area contributed by atoms with Crippen LogP contribution in [0.2, 0.25) is 0 Å². The first-order valence-electron chi connectivity index (χ1n) is 6.61. The van der Waals surface area contributed by atoms with Gasteiger partial charge in [-0.25, -0.2) is 15.5 Å². The molecule has 112 valence electrons. The van der Waals surface area contributed by atoms with Gasteiger partial charge in [0.05, 0.1) is 12.1 Å². The Morgan fingerprint density at radius 2 is 2.19 bits per heavy atom. The first kappa shape index (κ1) is 14.9. The summed E-state index contributed by atoms with van der Waals surface area (Å²) in [5.74, 6) is 5.15. The first-order valence-corrected chi connectivity index (χ1v) is 6.61. The lowest BCUT2D eigenvalue weighted by Gasteiger charge is -2.05. The van der Waals surface area contributed by atoms with Gasteiger partial charge in [0, 0.05) is 23.0 Å². The Morgan fingerprint density at radius 3 is 2.81 bits per heavy atom. The minimum atomic E-state index is -0.301. The molecule has 0 saturated carbocycles. The van der Waals surface area contributed by atoms with Crippen LogP contribution in [0.3, 0.4) is 0 Å². The average Bonchev–Trinajstić information content (AvgIpc) is 2.74. The number of carbonyl (C=O) groups is 1. The van der Waals surface area contributed by atoms with Crippen LogP contribution < -0.4 is 16.8 Å². The Hall–Kier alpha value is -2.48. The van der Waals surface area contributed by atoms with Crippen LogP contribution in [0.5, 0.6) is 0 Å². The lowest BCUT2D eigenvalue weighted by molar-refractivity contribution is -0.120. The summed E-state index contributed by atoms with van der Waals surface area (Å²) in [4.78, 5) is 30.1. The van der Waals surface area contributed by atoms with E-state index in [-0.39, 0.29) is 17.9 Å². The number of aryl methyl sites for hydroxylation is 2. The number of H-pyrrole nitrogens is 1. The number of nitrogens with zero attached hydrogens (tertiary/aromatic N) is 3. The highest BCUT2D eigenvalue weighted by Crippen LogP contribution is 2.16. The first-order chi connectivity index (χ1) is 9.96. The van der Waals surface area contributed by atoms with Crippen molar-refractivity contribution in [1.82, 2.24) is 25.2 Å². The van der Waals surface area contributed by atoms with Gasteiger partial charge in [-0.05, 0) is 20.3 Å². The van der Waals surface area contributed by atoms with E-state index in [9.17, 15) is 9.59 Å². The van der Waals surface area contributed by atoms with Crippen LogP contribution in [-0.4, -0.2) is 25.7 Å². The quantitative estimate of drug-likeness (QED) is 0.404. The number of nitrogens with two attached hydrogens (primary N) is 1. The van der Waals surface area contributed by atoms with Gasteiger partial charge in [0.1, 0.15) is 0 Å². The molecule has 0 unspecified atom stereocenters. The molecule has 2 aromatic heterocycles. The van der Waals surface area contributed by atoms with Crippen LogP contribution in [0.1, 0.15) is 29.6 Å². The van der Waals surface area contributed by atoms with E-state index < -0.39 is 0 Å². The Bertz CT molecular complexity index is 731. The largest absolute Gasteiger partial charge is 0.294 e. The number of aromatic nitrogens is 4. The maximum Gasteiger partial charge on any atom is 0.252 e. The van der Waals surface area contributed by atoms with Crippen molar-refractivity contribution in [1.29, 1.82) is 0 Å². The molecule has 0 aliphatic carbocycles. The SMILES string of the molecule is CCc1cc(=O)[nH]c(-n2nc(C)c(CC(=O)NN)c2C)n1. The van der Waals surface area contributed by atoms with E-state index in [0.29, 0.717) is 23.8 Å². The molecule has 0 fully saturated rings. The zero-order chi connectivity index (χ0) is 15.6. The van der Waals surface area contributed by atoms with Crippen LogP contribution in [-0.2, 0) is 17.6 Å². The molecule has 2 rings (SSSR count). The van der Waals surface area contributed by atoms with Crippen molar-refractivity contribution in [3.05, 3.63) is 39.1 Å². The van der Waals surface area contributed by atoms with Crippen molar-refractivity contribution in [3.8, 4) is 5.95 Å². The van der Waals surface area contributed by atoms with Crippen molar-refractivity contribution < 1.29 is 4.79 Å². The Kier molecular flexibility index (Phi) is 4.18. The van der Waals surface area contributed by atoms with E-state index in [4.69, 9.17) is 5.84 Å². The van der Waals surface area contributed by atoms with Gasteiger partial charge < -0.3 is 0 Å². The molecule has 0 aliphatic rings. The van der Waals surface area contributed by atoms with E-state index in [1.807, 2.05) is 13.8 Å². The van der Waals surface area contributed by atoms with Crippen molar-refractivity contribution in [2.75, 3.05) is 0 Å². The molecule has 8 nitrogen and oxygen atoms in total. The standard InChI is InChI=1S/C13H18N6O2/c1-4-9-5-11(20)16-13(15-9)19-8(3)10(7(2)18-19)6-12(21)17-14/h5H,4,6,14H2,1-3H3,(H,17,21)(H,15,16,20). The Labute approximate surface area is 121 Å². The summed E-state index contributed by atoms with van der Waals surface area (Å²) in [6.45, 7) is 5.53. The van der Waals surface area contributed by atoms with Gasteiger partial charge in [0.2, 0.25) is 11.9 Å². The number of hydrogen-bond acceptors (Lipinski definition) is 5. The van der Waals surface area contributed by atoms with Gasteiger partial charge in [0.15, 0.2) is 0 Å². The predicted molar refractivity (Wildman–Crippen MR) is 76.9 cm³/mol. The van der Waals surface area contributed by atoms with Crippen LogP contribution in [0, 0.1) is 13.8 Å². The zero-order valence-corrected chi connectivity index (χ0v) is 12.2. The summed E-state index contributed by atoms with van der Waals surface area (Å²) in [7, 11) is 0. The van der Waals surface area contributed by atoms with Crippen molar-refractivity contribution >= 4 is 5.91 Å². The fourth-order valence-electron chi connectivity index (χ4n) is 2.12. The van der Waals surface area contributed by atoms with Gasteiger partial charge in [-0.2, -0.15) is 5.10 Å². The summed E-state index contributed by atoms with van der Waals surface area (Å²) in [6, 6.07) is 1.46. The number of hydrazine groups is 1. The molecular weight excluding hydrogens is 272 g/mol. The summed E-state index contributed by atoms with van der Waals surface area (Å²) >= 11 is 0. The fourth-order valence-corrected chi connectivity index (χ4v) is 2.12. The second-order valence-electron chi connectivity index (χ2n) is 4.72. The van der Waals surface area contributed by atoms with Gasteiger partial charge >= 0.3 is 0 Å². The molecule has 4 N–H and O–H groups in total. The molecule has 2 heterocycles. The van der Waals surface area contributed by atoms with Crippen molar-refractivity contribution in [2.45, 2.75) is 33.6 Å². The summed E-state index contributed by atoms with van der Waals surface area (Å²) < 4.78 is 1.54. The van der Waals surface area contributed by atoms with Crippen molar-refractivity contribution in [2.24, 2.45) is 5.84 Å². The highest BCUT2D eigenvalue weighted by atomic mass is 16.2. The number of nitrogens with one attached hydrogen (secondary N) is 2. The van der Waals surface area contributed by atoms with E-state index in [1.165, 1.54) is 10.7 Å². The minimum Gasteiger partial charge on any atom is -0.294 e. The van der Waals surface area contributed by atoms with Crippen molar-refractivity contribution in [3.63, 3.8) is 0 Å². The molecule has 0 aromatic carbocycles. The van der Waals surface area contributed by atoms with Gasteiger partial charge in [-0.3, -0.25) is 20.0 Å². The highest BCUT2D eigenvalue weighted by molar-refractivity contribution is 5.78. The van der Waals surface area contributed by atoms with E-state index in [0.717, 1.165) is 11.3 Å². The Balaban J connectivity index is 2.51. The third kappa shape index (κ3) is 3.00. The van der Waals surface area contributed by atoms with Gasteiger partial charge in [0.25, 0.3) is 5.56 Å². The lowest BCUT2D eigenvalue weighted by Crippen LogP contribution is -2.31. The molecule has 21 heavy (non-hydrogen) atoms. The molecule has 0 spiro atoms. The van der Waals surface area contributed by atoms with Crippen LogP contribution in [0.25, 0.3) is 5.95 Å². The lowest BCUT2D eigenvalue weighted by atomic mass is 10.1. The molecule has 0 atom stereocenters. The number of rotatable bonds is 4. The van der Waals surface area contributed by atoms with Crippen LogP contribution >= 0.6 is 0 Å². The maximum absolute atomic E-state index is 11.7.